The summed E-state index contributed by atoms with van der Waals surface area (Å²) in [7, 11) is 1.54. The number of carbonyl (C=O) groups is 2. The molecule has 0 atom stereocenters. The average Bonchev–Trinajstić information content (AvgIpc) is 2.74. The minimum atomic E-state index is -0.372. The van der Waals surface area contributed by atoms with Gasteiger partial charge in [0.25, 0.3) is 11.8 Å². The van der Waals surface area contributed by atoms with Gasteiger partial charge in [0.15, 0.2) is 0 Å². The maximum absolute atomic E-state index is 12.7. The lowest BCUT2D eigenvalue weighted by Gasteiger charge is -2.11. The highest BCUT2D eigenvalue weighted by atomic mass is 16.5. The van der Waals surface area contributed by atoms with Gasteiger partial charge in [0, 0.05) is 18.1 Å². The van der Waals surface area contributed by atoms with Crippen molar-refractivity contribution in [3.05, 3.63) is 83.2 Å². The van der Waals surface area contributed by atoms with E-state index in [4.69, 9.17) is 4.74 Å². The molecule has 2 N–H and O–H groups in total. The van der Waals surface area contributed by atoms with Gasteiger partial charge in [0.05, 0.1) is 23.9 Å². The summed E-state index contributed by atoms with van der Waals surface area (Å²) in [4.78, 5) is 29.2. The zero-order valence-electron chi connectivity index (χ0n) is 16.7. The number of anilines is 2. The number of hydrogen-bond donors (Lipinski definition) is 2. The van der Waals surface area contributed by atoms with Crippen LogP contribution in [0.25, 0.3) is 0 Å². The average molecular weight is 389 g/mol. The monoisotopic (exact) mass is 389 g/mol. The van der Waals surface area contributed by atoms with Crippen molar-refractivity contribution in [2.24, 2.45) is 0 Å². The molecule has 2 aromatic carbocycles. The third kappa shape index (κ3) is 4.99. The summed E-state index contributed by atoms with van der Waals surface area (Å²) in [5, 5.41) is 5.63. The molecule has 0 saturated carbocycles. The fourth-order valence-corrected chi connectivity index (χ4v) is 2.83. The van der Waals surface area contributed by atoms with Crippen LogP contribution in [0.2, 0.25) is 0 Å². The number of methoxy groups -OCH3 is 1. The number of hydrogen-bond acceptors (Lipinski definition) is 4. The van der Waals surface area contributed by atoms with Gasteiger partial charge >= 0.3 is 0 Å². The molecule has 2 amide bonds. The van der Waals surface area contributed by atoms with Gasteiger partial charge in [0.1, 0.15) is 5.75 Å². The molecule has 0 aliphatic rings. The normalized spacial score (nSPS) is 10.3. The van der Waals surface area contributed by atoms with E-state index in [1.165, 1.54) is 24.0 Å². The van der Waals surface area contributed by atoms with Crippen molar-refractivity contribution >= 4 is 23.2 Å². The van der Waals surface area contributed by atoms with Gasteiger partial charge in [-0.3, -0.25) is 14.6 Å². The first kappa shape index (κ1) is 20.1. The smallest absolute Gasteiger partial charge is 0.257 e. The molecule has 3 rings (SSSR count). The molecule has 0 saturated heterocycles. The molecule has 6 heteroatoms. The number of amides is 2. The molecular weight excluding hydrogens is 366 g/mol. The zero-order valence-corrected chi connectivity index (χ0v) is 16.7. The van der Waals surface area contributed by atoms with Crippen LogP contribution in [0.4, 0.5) is 11.4 Å². The Morgan fingerprint density at radius 1 is 0.931 bits per heavy atom. The molecule has 0 radical (unpaired) electrons. The quantitative estimate of drug-likeness (QED) is 0.652. The van der Waals surface area contributed by atoms with Crippen LogP contribution < -0.4 is 15.4 Å². The number of nitrogens with zero attached hydrogens (tertiary/aromatic N) is 1. The summed E-state index contributed by atoms with van der Waals surface area (Å²) in [6, 6.07) is 14.7. The molecule has 1 heterocycles. The summed E-state index contributed by atoms with van der Waals surface area (Å²) in [6.45, 7) is 4.00. The third-order valence-corrected chi connectivity index (χ3v) is 4.49. The molecule has 0 fully saturated rings. The van der Waals surface area contributed by atoms with Crippen LogP contribution in [-0.2, 0) is 6.42 Å². The molecule has 148 valence electrons. The fourth-order valence-electron chi connectivity index (χ4n) is 2.83. The summed E-state index contributed by atoms with van der Waals surface area (Å²) >= 11 is 0. The van der Waals surface area contributed by atoms with E-state index in [1.54, 1.807) is 13.2 Å². The zero-order chi connectivity index (χ0) is 20.8. The molecule has 6 nitrogen and oxygen atoms in total. The standard InChI is InChI=1S/C23H23N3O3/c1-4-16-6-8-19(9-7-16)25-22(27)17-12-18(14-24-13-17)23(28)26-20-11-15(2)5-10-21(20)29-3/h5-14H,4H2,1-3H3,(H,25,27)(H,26,28). The lowest BCUT2D eigenvalue weighted by atomic mass is 10.1. The van der Waals surface area contributed by atoms with Crippen LogP contribution in [0.1, 0.15) is 38.8 Å². The van der Waals surface area contributed by atoms with E-state index < -0.39 is 0 Å². The van der Waals surface area contributed by atoms with E-state index in [0.717, 1.165) is 12.0 Å². The second kappa shape index (κ2) is 9.01. The van der Waals surface area contributed by atoms with Crippen molar-refractivity contribution in [3.63, 3.8) is 0 Å². The van der Waals surface area contributed by atoms with Crippen LogP contribution >= 0.6 is 0 Å². The van der Waals surface area contributed by atoms with Crippen LogP contribution in [0.5, 0.6) is 5.75 Å². The SMILES string of the molecule is CCc1ccc(NC(=O)c2cncc(C(=O)Nc3cc(C)ccc3OC)c2)cc1. The van der Waals surface area contributed by atoms with Crippen molar-refractivity contribution < 1.29 is 14.3 Å². The molecular formula is C23H23N3O3. The van der Waals surface area contributed by atoms with E-state index in [-0.39, 0.29) is 17.4 Å². The first-order chi connectivity index (χ1) is 14.0. The van der Waals surface area contributed by atoms with Gasteiger partial charge in [0.2, 0.25) is 0 Å². The number of nitrogens with one attached hydrogen (secondary N) is 2. The Morgan fingerprint density at radius 3 is 2.21 bits per heavy atom. The highest BCUT2D eigenvalue weighted by Gasteiger charge is 2.14. The minimum Gasteiger partial charge on any atom is -0.495 e. The van der Waals surface area contributed by atoms with Gasteiger partial charge in [-0.15, -0.1) is 0 Å². The molecule has 3 aromatic rings. The summed E-state index contributed by atoms with van der Waals surface area (Å²) in [5.74, 6) is -0.144. The van der Waals surface area contributed by atoms with E-state index in [1.807, 2.05) is 43.3 Å². The predicted octanol–water partition coefficient (Wildman–Crippen LogP) is 4.47. The Kier molecular flexibility index (Phi) is 6.24. The summed E-state index contributed by atoms with van der Waals surface area (Å²) in [6.07, 6.45) is 3.78. The van der Waals surface area contributed by atoms with Gasteiger partial charge < -0.3 is 15.4 Å². The number of aryl methyl sites for hydroxylation is 2. The minimum absolute atomic E-state index is 0.280. The van der Waals surface area contributed by atoms with Gasteiger partial charge in [-0.05, 0) is 54.8 Å². The van der Waals surface area contributed by atoms with Crippen LogP contribution in [0.15, 0.2) is 60.9 Å². The van der Waals surface area contributed by atoms with Crippen LogP contribution in [0.3, 0.4) is 0 Å². The first-order valence-corrected chi connectivity index (χ1v) is 9.31. The lowest BCUT2D eigenvalue weighted by molar-refractivity contribution is 0.102. The lowest BCUT2D eigenvalue weighted by Crippen LogP contribution is -2.16. The van der Waals surface area contributed by atoms with Crippen molar-refractivity contribution in [1.29, 1.82) is 0 Å². The Labute approximate surface area is 169 Å². The first-order valence-electron chi connectivity index (χ1n) is 9.31. The van der Waals surface area contributed by atoms with Gasteiger partial charge in [-0.2, -0.15) is 0 Å². The molecule has 0 aliphatic carbocycles. The van der Waals surface area contributed by atoms with Crippen molar-refractivity contribution in [1.82, 2.24) is 4.98 Å². The maximum Gasteiger partial charge on any atom is 0.257 e. The molecule has 29 heavy (non-hydrogen) atoms. The van der Waals surface area contributed by atoms with Crippen LogP contribution in [-0.4, -0.2) is 23.9 Å². The van der Waals surface area contributed by atoms with Gasteiger partial charge in [-0.25, -0.2) is 0 Å². The van der Waals surface area contributed by atoms with Crippen LogP contribution in [0, 0.1) is 6.92 Å². The largest absolute Gasteiger partial charge is 0.495 e. The van der Waals surface area contributed by atoms with E-state index in [2.05, 4.69) is 22.5 Å². The Morgan fingerprint density at radius 2 is 1.59 bits per heavy atom. The number of ether oxygens (including phenoxy) is 1. The van der Waals surface area contributed by atoms with E-state index >= 15 is 0 Å². The van der Waals surface area contributed by atoms with Gasteiger partial charge in [-0.1, -0.05) is 25.1 Å². The fraction of sp³-hybridized carbons (Fsp3) is 0.174. The highest BCUT2D eigenvalue weighted by Crippen LogP contribution is 2.25. The second-order valence-corrected chi connectivity index (χ2v) is 6.62. The third-order valence-electron chi connectivity index (χ3n) is 4.49. The molecule has 0 aliphatic heterocycles. The number of carbonyl (C=O) groups excluding carboxylic acids is 2. The number of pyridine rings is 1. The Bertz CT molecular complexity index is 1030. The highest BCUT2D eigenvalue weighted by molar-refractivity contribution is 6.08. The molecule has 0 bridgehead atoms. The number of rotatable bonds is 6. The van der Waals surface area contributed by atoms with Crippen molar-refractivity contribution in [2.75, 3.05) is 17.7 Å². The van der Waals surface area contributed by atoms with E-state index in [9.17, 15) is 9.59 Å². The predicted molar refractivity (Wildman–Crippen MR) is 114 cm³/mol. The van der Waals surface area contributed by atoms with Crippen molar-refractivity contribution in [2.45, 2.75) is 20.3 Å². The Balaban J connectivity index is 1.75. The molecule has 0 spiro atoms. The van der Waals surface area contributed by atoms with E-state index in [0.29, 0.717) is 22.7 Å². The topological polar surface area (TPSA) is 80.3 Å². The molecule has 1 aromatic heterocycles. The van der Waals surface area contributed by atoms with Crippen molar-refractivity contribution in [3.8, 4) is 5.75 Å². The summed E-state index contributed by atoms with van der Waals surface area (Å²) in [5.41, 5.74) is 4.00. The summed E-state index contributed by atoms with van der Waals surface area (Å²) < 4.78 is 5.29. The molecule has 0 unspecified atom stereocenters. The number of benzene rings is 2. The number of aromatic nitrogens is 1. The Hall–Kier alpha value is -3.67. The maximum atomic E-state index is 12.7. The second-order valence-electron chi connectivity index (χ2n) is 6.62.